The highest BCUT2D eigenvalue weighted by Crippen LogP contribution is 2.42. The van der Waals surface area contributed by atoms with Gasteiger partial charge in [-0.3, -0.25) is 10.2 Å². The normalized spacial score (nSPS) is 26.6. The number of methoxy groups -OCH3 is 1. The average molecular weight is 296 g/mol. The molecule has 1 saturated carbocycles. The molecule has 0 spiro atoms. The van der Waals surface area contributed by atoms with Crippen LogP contribution < -0.4 is 5.32 Å². The highest BCUT2D eigenvalue weighted by atomic mass is 16.5. The van der Waals surface area contributed by atoms with Crippen molar-refractivity contribution < 1.29 is 9.53 Å². The zero-order valence-corrected chi connectivity index (χ0v) is 14.2. The quantitative estimate of drug-likeness (QED) is 0.733. The van der Waals surface area contributed by atoms with Crippen molar-refractivity contribution in [2.45, 2.75) is 76.9 Å². The minimum atomic E-state index is -0.506. The van der Waals surface area contributed by atoms with E-state index in [1.165, 1.54) is 32.8 Å². The van der Waals surface area contributed by atoms with Crippen molar-refractivity contribution in [3.8, 4) is 0 Å². The molecule has 1 heterocycles. The van der Waals surface area contributed by atoms with Crippen LogP contribution in [0.25, 0.3) is 0 Å². The van der Waals surface area contributed by atoms with Crippen LogP contribution in [0.1, 0.15) is 59.3 Å². The molecule has 1 aliphatic heterocycles. The van der Waals surface area contributed by atoms with Crippen LogP contribution >= 0.6 is 0 Å². The minimum Gasteiger partial charge on any atom is -0.468 e. The van der Waals surface area contributed by atoms with Crippen LogP contribution in [0.5, 0.6) is 0 Å². The molecule has 122 valence electrons. The van der Waals surface area contributed by atoms with E-state index in [0.717, 1.165) is 25.9 Å². The van der Waals surface area contributed by atoms with Crippen molar-refractivity contribution in [3.63, 3.8) is 0 Å². The molecule has 1 N–H and O–H groups in total. The number of ether oxygens (including phenoxy) is 1. The smallest absolute Gasteiger partial charge is 0.327 e. The molecule has 0 aromatic rings. The van der Waals surface area contributed by atoms with Crippen LogP contribution in [0.2, 0.25) is 0 Å². The van der Waals surface area contributed by atoms with Crippen LogP contribution in [0, 0.1) is 5.92 Å². The number of hydrogen-bond acceptors (Lipinski definition) is 4. The lowest BCUT2D eigenvalue weighted by molar-refractivity contribution is -0.151. The van der Waals surface area contributed by atoms with E-state index in [-0.39, 0.29) is 12.0 Å². The topological polar surface area (TPSA) is 41.6 Å². The summed E-state index contributed by atoms with van der Waals surface area (Å²) in [7, 11) is 1.52. The predicted octanol–water partition coefficient (Wildman–Crippen LogP) is 2.57. The highest BCUT2D eigenvalue weighted by Gasteiger charge is 2.53. The van der Waals surface area contributed by atoms with Gasteiger partial charge in [-0.05, 0) is 58.4 Å². The SMILES string of the molecule is CCC1CCCCN1CC(NC(C)C)(C(=O)OC)C1CC1. The van der Waals surface area contributed by atoms with Crippen molar-refractivity contribution in [3.05, 3.63) is 0 Å². The summed E-state index contributed by atoms with van der Waals surface area (Å²) in [5.41, 5.74) is -0.506. The Morgan fingerprint density at radius 2 is 2.05 bits per heavy atom. The summed E-state index contributed by atoms with van der Waals surface area (Å²) in [5, 5.41) is 3.58. The zero-order valence-electron chi connectivity index (χ0n) is 14.2. The third-order valence-electron chi connectivity index (χ3n) is 5.04. The molecule has 2 unspecified atom stereocenters. The highest BCUT2D eigenvalue weighted by molar-refractivity contribution is 5.82. The molecule has 4 heteroatoms. The number of carbonyl (C=O) groups excluding carboxylic acids is 1. The first-order valence-electron chi connectivity index (χ1n) is 8.63. The fraction of sp³-hybridized carbons (Fsp3) is 0.941. The minimum absolute atomic E-state index is 0.0703. The van der Waals surface area contributed by atoms with E-state index >= 15 is 0 Å². The summed E-state index contributed by atoms with van der Waals surface area (Å²) in [6.07, 6.45) is 7.28. The molecule has 2 fully saturated rings. The van der Waals surface area contributed by atoms with E-state index in [2.05, 4.69) is 31.0 Å². The lowest BCUT2D eigenvalue weighted by Gasteiger charge is -2.43. The second kappa shape index (κ2) is 7.10. The van der Waals surface area contributed by atoms with Crippen LogP contribution in [0.15, 0.2) is 0 Å². The van der Waals surface area contributed by atoms with Gasteiger partial charge in [-0.25, -0.2) is 4.79 Å². The number of hydrogen-bond donors (Lipinski definition) is 1. The molecule has 0 aromatic carbocycles. The Morgan fingerprint density at radius 3 is 2.57 bits per heavy atom. The van der Waals surface area contributed by atoms with Gasteiger partial charge in [0.15, 0.2) is 0 Å². The van der Waals surface area contributed by atoms with E-state index in [1.807, 2.05) is 0 Å². The molecule has 2 rings (SSSR count). The number of rotatable bonds is 7. The van der Waals surface area contributed by atoms with Gasteiger partial charge in [0.25, 0.3) is 0 Å². The lowest BCUT2D eigenvalue weighted by Crippen LogP contribution is -2.64. The first kappa shape index (κ1) is 16.8. The van der Waals surface area contributed by atoms with Gasteiger partial charge in [0.1, 0.15) is 5.54 Å². The fourth-order valence-corrected chi connectivity index (χ4v) is 3.91. The van der Waals surface area contributed by atoms with Crippen molar-refractivity contribution in [1.29, 1.82) is 0 Å². The molecule has 0 aromatic heterocycles. The molecule has 1 aliphatic carbocycles. The van der Waals surface area contributed by atoms with E-state index < -0.39 is 5.54 Å². The molecule has 4 nitrogen and oxygen atoms in total. The summed E-state index contributed by atoms with van der Waals surface area (Å²) in [4.78, 5) is 15.1. The summed E-state index contributed by atoms with van der Waals surface area (Å²) >= 11 is 0. The van der Waals surface area contributed by atoms with Crippen LogP contribution in [-0.4, -0.2) is 48.7 Å². The maximum Gasteiger partial charge on any atom is 0.327 e. The molecular weight excluding hydrogens is 264 g/mol. The molecule has 1 saturated heterocycles. The van der Waals surface area contributed by atoms with Gasteiger partial charge in [-0.2, -0.15) is 0 Å². The first-order valence-corrected chi connectivity index (χ1v) is 8.63. The Bertz CT molecular complexity index is 355. The van der Waals surface area contributed by atoms with Gasteiger partial charge in [0, 0.05) is 18.6 Å². The van der Waals surface area contributed by atoms with Gasteiger partial charge in [0.05, 0.1) is 7.11 Å². The molecule has 0 amide bonds. The van der Waals surface area contributed by atoms with Crippen LogP contribution in [-0.2, 0) is 9.53 Å². The Balaban J connectivity index is 2.19. The number of nitrogens with one attached hydrogen (secondary N) is 1. The second-order valence-corrected chi connectivity index (χ2v) is 7.06. The molecule has 21 heavy (non-hydrogen) atoms. The number of esters is 1. The largest absolute Gasteiger partial charge is 0.468 e. The average Bonchev–Trinajstić information content (AvgIpc) is 3.30. The summed E-state index contributed by atoms with van der Waals surface area (Å²) in [6, 6.07) is 0.907. The van der Waals surface area contributed by atoms with Gasteiger partial charge >= 0.3 is 5.97 Å². The molecule has 0 radical (unpaired) electrons. The number of piperidine rings is 1. The van der Waals surface area contributed by atoms with Crippen molar-refractivity contribution in [1.82, 2.24) is 10.2 Å². The second-order valence-electron chi connectivity index (χ2n) is 7.06. The molecule has 2 atom stereocenters. The molecule has 2 aliphatic rings. The third-order valence-corrected chi connectivity index (χ3v) is 5.04. The van der Waals surface area contributed by atoms with Crippen molar-refractivity contribution in [2.24, 2.45) is 5.92 Å². The Kier molecular flexibility index (Phi) is 5.67. The third kappa shape index (κ3) is 3.78. The van der Waals surface area contributed by atoms with Gasteiger partial charge < -0.3 is 4.74 Å². The Labute approximate surface area is 129 Å². The van der Waals surface area contributed by atoms with E-state index in [9.17, 15) is 4.79 Å². The van der Waals surface area contributed by atoms with Crippen molar-refractivity contribution >= 4 is 5.97 Å². The maximum absolute atomic E-state index is 12.6. The lowest BCUT2D eigenvalue weighted by atomic mass is 9.88. The molecular formula is C17H32N2O2. The number of nitrogens with zero attached hydrogens (tertiary/aromatic N) is 1. The van der Waals surface area contributed by atoms with Gasteiger partial charge in [-0.1, -0.05) is 13.3 Å². The zero-order chi connectivity index (χ0) is 15.5. The summed E-state index contributed by atoms with van der Waals surface area (Å²) < 4.78 is 5.20. The number of likely N-dealkylation sites (tertiary alicyclic amines) is 1. The predicted molar refractivity (Wildman–Crippen MR) is 85.2 cm³/mol. The summed E-state index contributed by atoms with van der Waals surface area (Å²) in [5.74, 6) is 0.367. The van der Waals surface area contributed by atoms with Gasteiger partial charge in [0.2, 0.25) is 0 Å². The first-order chi connectivity index (χ1) is 10.0. The van der Waals surface area contributed by atoms with E-state index in [1.54, 1.807) is 0 Å². The Morgan fingerprint density at radius 1 is 1.33 bits per heavy atom. The Hall–Kier alpha value is -0.610. The monoisotopic (exact) mass is 296 g/mol. The van der Waals surface area contributed by atoms with Crippen LogP contribution in [0.4, 0.5) is 0 Å². The number of carbonyl (C=O) groups is 1. The maximum atomic E-state index is 12.6. The fourth-order valence-electron chi connectivity index (χ4n) is 3.91. The molecule has 0 bridgehead atoms. The van der Waals surface area contributed by atoms with E-state index in [4.69, 9.17) is 4.74 Å². The summed E-state index contributed by atoms with van der Waals surface area (Å²) in [6.45, 7) is 8.42. The van der Waals surface area contributed by atoms with Crippen molar-refractivity contribution in [2.75, 3.05) is 20.2 Å². The van der Waals surface area contributed by atoms with E-state index in [0.29, 0.717) is 12.0 Å². The standard InChI is InChI=1S/C17H32N2O2/c1-5-15-8-6-7-11-19(15)12-17(14-9-10-14,16(20)21-4)18-13(2)3/h13-15,18H,5-12H2,1-4H3. The van der Waals surface area contributed by atoms with Crippen LogP contribution in [0.3, 0.4) is 0 Å². The van der Waals surface area contributed by atoms with Gasteiger partial charge in [-0.15, -0.1) is 0 Å².